The summed E-state index contributed by atoms with van der Waals surface area (Å²) in [6.07, 6.45) is 0. The number of ketones is 4. The monoisotopic (exact) mass is 257 g/mol. The zero-order valence-corrected chi connectivity index (χ0v) is 11.3. The molecule has 0 rings (SSSR count). The van der Waals surface area contributed by atoms with Crippen LogP contribution >= 0.6 is 0 Å². The van der Waals surface area contributed by atoms with Gasteiger partial charge in [0.2, 0.25) is 17.3 Å². The van der Waals surface area contributed by atoms with Crippen LogP contribution in [0.5, 0.6) is 0 Å². The molecule has 0 heterocycles. The van der Waals surface area contributed by atoms with Gasteiger partial charge in [-0.05, 0) is 0 Å². The van der Waals surface area contributed by atoms with Crippen molar-refractivity contribution in [1.82, 2.24) is 0 Å². The zero-order valence-electron chi connectivity index (χ0n) is 11.3. The standard InChI is InChI=1S/C12H20NO4.BH4/c1-8(14)7-13(5,6)12(9(2)15,10(3)16)11(4)17;/h7H2,1-6H3;1H4/q+1;-1. The van der Waals surface area contributed by atoms with Gasteiger partial charge in [0, 0.05) is 27.7 Å². The van der Waals surface area contributed by atoms with Gasteiger partial charge in [-0.25, -0.2) is 0 Å². The Labute approximate surface area is 110 Å². The van der Waals surface area contributed by atoms with Crippen molar-refractivity contribution in [3.63, 3.8) is 0 Å². The number of nitrogens with zero attached hydrogens (tertiary/aromatic N) is 1. The molecule has 104 valence electrons. The van der Waals surface area contributed by atoms with Crippen LogP contribution in [0.15, 0.2) is 0 Å². The van der Waals surface area contributed by atoms with Crippen molar-refractivity contribution in [2.45, 2.75) is 33.2 Å². The lowest BCUT2D eigenvalue weighted by Gasteiger charge is -2.42. The Balaban J connectivity index is 0. The lowest BCUT2D eigenvalue weighted by atomic mass is 9.82. The second-order valence-electron chi connectivity index (χ2n) is 4.92. The molecule has 0 bridgehead atoms. The summed E-state index contributed by atoms with van der Waals surface area (Å²) in [7, 11) is 3.09. The van der Waals surface area contributed by atoms with Crippen LogP contribution in [0.2, 0.25) is 0 Å². The molecule has 0 spiro atoms. The van der Waals surface area contributed by atoms with Crippen LogP contribution in [0.4, 0.5) is 0 Å². The summed E-state index contributed by atoms with van der Waals surface area (Å²) in [5.74, 6) is -1.75. The quantitative estimate of drug-likeness (QED) is 0.337. The van der Waals surface area contributed by atoms with Crippen molar-refractivity contribution in [3.8, 4) is 0 Å². The predicted molar refractivity (Wildman–Crippen MR) is 73.8 cm³/mol. The van der Waals surface area contributed by atoms with Gasteiger partial charge in [0.15, 0.2) is 5.78 Å². The van der Waals surface area contributed by atoms with Gasteiger partial charge in [-0.1, -0.05) is 8.41 Å². The number of hydrogen-bond acceptors (Lipinski definition) is 4. The molecule has 0 amide bonds. The van der Waals surface area contributed by atoms with E-state index in [1.165, 1.54) is 27.7 Å². The summed E-state index contributed by atoms with van der Waals surface area (Å²) in [6, 6.07) is 0. The SMILES string of the molecule is CC(=O)C[N+](C)(C)C(C(C)=O)(C(C)=O)C(C)=O.[BH4-]. The average molecular weight is 257 g/mol. The van der Waals surface area contributed by atoms with Crippen LogP contribution in [-0.4, -0.2) is 62.2 Å². The summed E-state index contributed by atoms with van der Waals surface area (Å²) < 4.78 is -0.262. The van der Waals surface area contributed by atoms with Crippen molar-refractivity contribution in [1.29, 1.82) is 0 Å². The van der Waals surface area contributed by atoms with Gasteiger partial charge in [-0.3, -0.25) is 23.7 Å². The summed E-state index contributed by atoms with van der Waals surface area (Å²) >= 11 is 0. The fourth-order valence-electron chi connectivity index (χ4n) is 2.70. The van der Waals surface area contributed by atoms with E-state index >= 15 is 0 Å². The fraction of sp³-hybridized carbons (Fsp3) is 0.667. The number of rotatable bonds is 6. The molecule has 0 saturated carbocycles. The summed E-state index contributed by atoms with van der Waals surface area (Å²) in [5.41, 5.74) is -1.77. The van der Waals surface area contributed by atoms with E-state index in [0.29, 0.717) is 0 Å². The van der Waals surface area contributed by atoms with Crippen molar-refractivity contribution in [2.24, 2.45) is 0 Å². The average Bonchev–Trinajstić information content (AvgIpc) is 1.96. The molecule has 0 atom stereocenters. The molecule has 6 heteroatoms. The van der Waals surface area contributed by atoms with E-state index in [-0.39, 0.29) is 25.2 Å². The maximum atomic E-state index is 11.8. The minimum atomic E-state index is -1.77. The van der Waals surface area contributed by atoms with E-state index in [0.717, 1.165) is 0 Å². The zero-order chi connectivity index (χ0) is 14.0. The van der Waals surface area contributed by atoms with E-state index in [2.05, 4.69) is 0 Å². The Morgan fingerprint density at radius 1 is 0.833 bits per heavy atom. The molecule has 0 aromatic rings. The third-order valence-corrected chi connectivity index (χ3v) is 3.05. The van der Waals surface area contributed by atoms with Gasteiger partial charge >= 0.3 is 0 Å². The highest BCUT2D eigenvalue weighted by molar-refractivity contribution is 6.26. The molecule has 0 aliphatic rings. The highest BCUT2D eigenvalue weighted by atomic mass is 16.2. The highest BCUT2D eigenvalue weighted by Gasteiger charge is 2.58. The molecule has 5 nitrogen and oxygen atoms in total. The number of likely N-dealkylation sites (N-methyl/N-ethyl adjacent to an activating group) is 1. The maximum absolute atomic E-state index is 11.8. The first-order valence-electron chi connectivity index (χ1n) is 5.35. The van der Waals surface area contributed by atoms with Gasteiger partial charge in [0.1, 0.15) is 6.54 Å². The summed E-state index contributed by atoms with van der Waals surface area (Å²) in [4.78, 5) is 46.6. The van der Waals surface area contributed by atoms with Crippen LogP contribution in [0, 0.1) is 0 Å². The van der Waals surface area contributed by atoms with E-state index < -0.39 is 22.9 Å². The number of quaternary nitrogens is 1. The molecule has 0 N–H and O–H groups in total. The van der Waals surface area contributed by atoms with Gasteiger partial charge in [0.05, 0.1) is 14.1 Å². The van der Waals surface area contributed by atoms with Crippen molar-refractivity contribution in [2.75, 3.05) is 20.6 Å². The first-order valence-corrected chi connectivity index (χ1v) is 5.35. The largest absolute Gasteiger partial charge is 0.299 e. The second-order valence-corrected chi connectivity index (χ2v) is 4.92. The minimum Gasteiger partial charge on any atom is -0.299 e. The third kappa shape index (κ3) is 2.93. The maximum Gasteiger partial charge on any atom is 0.274 e. The lowest BCUT2D eigenvalue weighted by molar-refractivity contribution is -0.903. The molecule has 0 unspecified atom stereocenters. The van der Waals surface area contributed by atoms with E-state index in [4.69, 9.17) is 0 Å². The van der Waals surface area contributed by atoms with Crippen molar-refractivity contribution in [3.05, 3.63) is 0 Å². The second kappa shape index (κ2) is 6.04. The predicted octanol–water partition coefficient (Wildman–Crippen LogP) is -1.29. The molecule has 18 heavy (non-hydrogen) atoms. The topological polar surface area (TPSA) is 68.3 Å². The molecule has 0 aromatic heterocycles. The molecule has 0 saturated heterocycles. The Morgan fingerprint density at radius 2 is 1.11 bits per heavy atom. The van der Waals surface area contributed by atoms with Crippen LogP contribution in [-0.2, 0) is 19.2 Å². The third-order valence-electron chi connectivity index (χ3n) is 3.05. The number of carbonyl (C=O) groups excluding carboxylic acids is 4. The molecular formula is C12H24BNO4. The van der Waals surface area contributed by atoms with Crippen LogP contribution in [0.3, 0.4) is 0 Å². The fourth-order valence-corrected chi connectivity index (χ4v) is 2.70. The van der Waals surface area contributed by atoms with Gasteiger partial charge in [0.25, 0.3) is 5.54 Å². The van der Waals surface area contributed by atoms with E-state index in [1.54, 1.807) is 14.1 Å². The molecule has 0 aromatic carbocycles. The molecular weight excluding hydrogens is 233 g/mol. The minimum absolute atomic E-state index is 0. The Hall–Kier alpha value is -1.30. The van der Waals surface area contributed by atoms with Crippen LogP contribution in [0.1, 0.15) is 27.7 Å². The van der Waals surface area contributed by atoms with E-state index in [9.17, 15) is 19.2 Å². The molecule has 0 aliphatic carbocycles. The number of hydrogen-bond donors (Lipinski definition) is 0. The first-order chi connectivity index (χ1) is 7.50. The molecule has 0 fully saturated rings. The summed E-state index contributed by atoms with van der Waals surface area (Å²) in [6.45, 7) is 4.96. The van der Waals surface area contributed by atoms with Crippen LogP contribution < -0.4 is 0 Å². The van der Waals surface area contributed by atoms with Gasteiger partial charge < -0.3 is 0 Å². The Kier molecular flexibility index (Phi) is 6.40. The molecule has 0 radical (unpaired) electrons. The van der Waals surface area contributed by atoms with Gasteiger partial charge in [-0.2, -0.15) is 0 Å². The Bertz CT molecular complexity index is 351. The number of carbonyl (C=O) groups is 4. The van der Waals surface area contributed by atoms with Crippen LogP contribution in [0.25, 0.3) is 0 Å². The Morgan fingerprint density at radius 3 is 1.28 bits per heavy atom. The smallest absolute Gasteiger partial charge is 0.274 e. The lowest BCUT2D eigenvalue weighted by Crippen LogP contribution is -2.72. The van der Waals surface area contributed by atoms with E-state index in [1.807, 2.05) is 0 Å². The van der Waals surface area contributed by atoms with Crippen molar-refractivity contribution >= 4 is 31.5 Å². The normalized spacial score (nSPS) is 11.4. The van der Waals surface area contributed by atoms with Crippen molar-refractivity contribution < 1.29 is 23.7 Å². The molecule has 0 aliphatic heterocycles. The number of Topliss-reactive ketones (excluding diaryl/α,β-unsaturated/α-hetero) is 4. The van der Waals surface area contributed by atoms with Gasteiger partial charge in [-0.15, -0.1) is 0 Å². The summed E-state index contributed by atoms with van der Waals surface area (Å²) in [5, 5.41) is 0. The first kappa shape index (κ1) is 19.1. The highest BCUT2D eigenvalue weighted by Crippen LogP contribution is 2.25.